The number of nitrogens with two attached hydrogens (primary N) is 1. The maximum atomic E-state index is 13.0. The van der Waals surface area contributed by atoms with Crippen molar-refractivity contribution in [3.05, 3.63) is 54.6 Å². The lowest BCUT2D eigenvalue weighted by molar-refractivity contribution is -0.135. The van der Waals surface area contributed by atoms with Gasteiger partial charge in [0.25, 0.3) is 0 Å². The molecule has 0 spiro atoms. The Morgan fingerprint density at radius 3 is 2.10 bits per heavy atom. The molecule has 0 aliphatic carbocycles. The lowest BCUT2D eigenvalue weighted by Crippen LogP contribution is -2.52. The van der Waals surface area contributed by atoms with E-state index in [1.165, 1.54) is 0 Å². The molecule has 1 saturated heterocycles. The molecule has 1 aliphatic rings. The summed E-state index contributed by atoms with van der Waals surface area (Å²) in [5.41, 5.74) is 5.72. The number of nitrogens with zero attached hydrogens (tertiary/aromatic N) is 2. The number of sulfonamides is 1. The Hall–Kier alpha value is -3.07. The van der Waals surface area contributed by atoms with Crippen molar-refractivity contribution in [2.24, 2.45) is 11.7 Å². The van der Waals surface area contributed by atoms with Gasteiger partial charge >= 0.3 is 0 Å². The quantitative estimate of drug-likeness (QED) is 0.703. The van der Waals surface area contributed by atoms with Gasteiger partial charge in [0.15, 0.2) is 0 Å². The first-order valence-corrected chi connectivity index (χ1v) is 11.9. The van der Waals surface area contributed by atoms with Crippen LogP contribution in [-0.4, -0.2) is 50.5 Å². The first-order chi connectivity index (χ1) is 14.7. The highest BCUT2D eigenvalue weighted by molar-refractivity contribution is 7.92. The highest BCUT2D eigenvalue weighted by Gasteiger charge is 2.34. The minimum atomic E-state index is -3.73. The molecule has 0 bridgehead atoms. The number of carbonyl (C=O) groups excluding carboxylic acids is 2. The second-order valence-corrected chi connectivity index (χ2v) is 9.51. The fraction of sp³-hybridized carbons (Fsp3) is 0.364. The summed E-state index contributed by atoms with van der Waals surface area (Å²) in [5, 5.41) is 0. The summed E-state index contributed by atoms with van der Waals surface area (Å²) in [5.74, 6) is 0.297. The Bertz CT molecular complexity index is 1020. The molecule has 2 amide bonds. The van der Waals surface area contributed by atoms with Crippen LogP contribution in [0.25, 0.3) is 0 Å². The number of para-hydroxylation sites is 1. The molecule has 9 heteroatoms. The maximum Gasteiger partial charge on any atom is 0.246 e. The van der Waals surface area contributed by atoms with Gasteiger partial charge in [0, 0.05) is 19.0 Å². The van der Waals surface area contributed by atoms with E-state index in [0.29, 0.717) is 43.1 Å². The fourth-order valence-corrected chi connectivity index (χ4v) is 4.91. The van der Waals surface area contributed by atoms with Gasteiger partial charge in [-0.25, -0.2) is 8.42 Å². The SMILES string of the molecule is C[C@H](C(=O)N1CCC(C(N)=O)CC1)N(c1ccc(Oc2ccccc2)cc1)S(C)(=O)=O. The highest BCUT2D eigenvalue weighted by atomic mass is 32.2. The Morgan fingerprint density at radius 1 is 1.03 bits per heavy atom. The summed E-state index contributed by atoms with van der Waals surface area (Å²) < 4.78 is 31.9. The van der Waals surface area contributed by atoms with Crippen LogP contribution in [0.4, 0.5) is 5.69 Å². The number of carbonyl (C=O) groups is 2. The molecular weight excluding hydrogens is 418 g/mol. The molecule has 2 N–H and O–H groups in total. The van der Waals surface area contributed by atoms with Gasteiger partial charge in [-0.1, -0.05) is 18.2 Å². The molecular formula is C22H27N3O5S. The average molecular weight is 446 g/mol. The molecule has 1 heterocycles. The largest absolute Gasteiger partial charge is 0.457 e. The van der Waals surface area contributed by atoms with E-state index in [0.717, 1.165) is 10.6 Å². The molecule has 0 radical (unpaired) electrons. The van der Waals surface area contributed by atoms with Crippen molar-refractivity contribution in [1.29, 1.82) is 0 Å². The summed E-state index contributed by atoms with van der Waals surface area (Å²) in [6.45, 7) is 2.31. The number of primary amides is 1. The number of hydrogen-bond donors (Lipinski definition) is 1. The number of likely N-dealkylation sites (tertiary alicyclic amines) is 1. The van der Waals surface area contributed by atoms with E-state index in [1.54, 1.807) is 36.1 Å². The third-order valence-electron chi connectivity index (χ3n) is 5.35. The van der Waals surface area contributed by atoms with Crippen LogP contribution in [0.3, 0.4) is 0 Å². The summed E-state index contributed by atoms with van der Waals surface area (Å²) in [6.07, 6.45) is 2.04. The van der Waals surface area contributed by atoms with Crippen LogP contribution in [0.15, 0.2) is 54.6 Å². The van der Waals surface area contributed by atoms with Gasteiger partial charge in [0.1, 0.15) is 17.5 Å². The molecule has 8 nitrogen and oxygen atoms in total. The molecule has 1 aliphatic heterocycles. The lowest BCUT2D eigenvalue weighted by Gasteiger charge is -2.36. The number of rotatable bonds is 7. The van der Waals surface area contributed by atoms with Gasteiger partial charge in [0.05, 0.1) is 11.9 Å². The molecule has 166 valence electrons. The Balaban J connectivity index is 1.75. The topological polar surface area (TPSA) is 110 Å². The second-order valence-electron chi connectivity index (χ2n) is 7.65. The lowest BCUT2D eigenvalue weighted by atomic mass is 9.96. The van der Waals surface area contributed by atoms with Gasteiger partial charge in [-0.3, -0.25) is 13.9 Å². The van der Waals surface area contributed by atoms with E-state index in [2.05, 4.69) is 0 Å². The summed E-state index contributed by atoms with van der Waals surface area (Å²) in [4.78, 5) is 26.0. The van der Waals surface area contributed by atoms with Gasteiger partial charge < -0.3 is 15.4 Å². The van der Waals surface area contributed by atoms with Crippen molar-refractivity contribution in [2.75, 3.05) is 23.7 Å². The van der Waals surface area contributed by atoms with Crippen LogP contribution in [0.5, 0.6) is 11.5 Å². The molecule has 3 rings (SSSR count). The zero-order valence-electron chi connectivity index (χ0n) is 17.6. The molecule has 2 aromatic rings. The number of piperidine rings is 1. The van der Waals surface area contributed by atoms with E-state index in [4.69, 9.17) is 10.5 Å². The van der Waals surface area contributed by atoms with Crippen LogP contribution in [0.2, 0.25) is 0 Å². The van der Waals surface area contributed by atoms with Gasteiger partial charge in [-0.15, -0.1) is 0 Å². The van der Waals surface area contributed by atoms with Crippen LogP contribution < -0.4 is 14.8 Å². The Kier molecular flexibility index (Phi) is 6.84. The van der Waals surface area contributed by atoms with Gasteiger partial charge in [0.2, 0.25) is 21.8 Å². The molecule has 31 heavy (non-hydrogen) atoms. The van der Waals surface area contributed by atoms with Gasteiger partial charge in [-0.2, -0.15) is 0 Å². The summed E-state index contributed by atoms with van der Waals surface area (Å²) >= 11 is 0. The molecule has 0 saturated carbocycles. The number of amides is 2. The zero-order valence-corrected chi connectivity index (χ0v) is 18.4. The van der Waals surface area contributed by atoms with E-state index < -0.39 is 16.1 Å². The second kappa shape index (κ2) is 9.38. The third kappa shape index (κ3) is 5.55. The predicted molar refractivity (Wildman–Crippen MR) is 118 cm³/mol. The van der Waals surface area contributed by atoms with Crippen LogP contribution >= 0.6 is 0 Å². The maximum absolute atomic E-state index is 13.0. The number of benzene rings is 2. The zero-order chi connectivity index (χ0) is 22.6. The van der Waals surface area contributed by atoms with Crippen LogP contribution in [-0.2, 0) is 19.6 Å². The Labute approximate surface area is 182 Å². The van der Waals surface area contributed by atoms with Crippen molar-refractivity contribution >= 4 is 27.5 Å². The molecule has 1 fully saturated rings. The number of anilines is 1. The van der Waals surface area contributed by atoms with Crippen LogP contribution in [0, 0.1) is 5.92 Å². The minimum Gasteiger partial charge on any atom is -0.457 e. The third-order valence-corrected chi connectivity index (χ3v) is 6.59. The highest BCUT2D eigenvalue weighted by Crippen LogP contribution is 2.28. The van der Waals surface area contributed by atoms with E-state index in [1.807, 2.05) is 30.3 Å². The smallest absolute Gasteiger partial charge is 0.246 e. The van der Waals surface area contributed by atoms with E-state index in [-0.39, 0.29) is 17.7 Å². The standard InChI is InChI=1S/C22H27N3O5S/c1-16(22(27)24-14-12-17(13-15-24)21(23)26)25(31(2,28)29)18-8-10-20(11-9-18)30-19-6-4-3-5-7-19/h3-11,16-17H,12-15H2,1-2H3,(H2,23,26)/t16-/m1/s1. The molecule has 0 unspecified atom stereocenters. The fourth-order valence-electron chi connectivity index (χ4n) is 3.74. The number of hydrogen-bond acceptors (Lipinski definition) is 5. The monoisotopic (exact) mass is 445 g/mol. The van der Waals surface area contributed by atoms with Gasteiger partial charge in [-0.05, 0) is 56.2 Å². The predicted octanol–water partition coefficient (Wildman–Crippen LogP) is 2.36. The molecule has 1 atom stereocenters. The molecule has 0 aromatic heterocycles. The summed E-state index contributed by atoms with van der Waals surface area (Å²) in [6, 6.07) is 14.9. The summed E-state index contributed by atoms with van der Waals surface area (Å²) in [7, 11) is -3.73. The average Bonchev–Trinajstić information content (AvgIpc) is 2.74. The first kappa shape index (κ1) is 22.6. The van der Waals surface area contributed by atoms with Crippen molar-refractivity contribution in [3.63, 3.8) is 0 Å². The normalized spacial score (nSPS) is 15.9. The van der Waals surface area contributed by atoms with Crippen molar-refractivity contribution in [2.45, 2.75) is 25.8 Å². The Morgan fingerprint density at radius 2 is 1.58 bits per heavy atom. The van der Waals surface area contributed by atoms with E-state index >= 15 is 0 Å². The first-order valence-electron chi connectivity index (χ1n) is 10.1. The van der Waals surface area contributed by atoms with Crippen molar-refractivity contribution < 1.29 is 22.7 Å². The van der Waals surface area contributed by atoms with E-state index in [9.17, 15) is 18.0 Å². The minimum absolute atomic E-state index is 0.248. The van der Waals surface area contributed by atoms with Crippen molar-refractivity contribution in [1.82, 2.24) is 4.90 Å². The van der Waals surface area contributed by atoms with Crippen LogP contribution in [0.1, 0.15) is 19.8 Å². The van der Waals surface area contributed by atoms with Crippen molar-refractivity contribution in [3.8, 4) is 11.5 Å². The molecule has 2 aromatic carbocycles. The number of ether oxygens (including phenoxy) is 1.